The summed E-state index contributed by atoms with van der Waals surface area (Å²) < 4.78 is 0. The minimum absolute atomic E-state index is 0.130. The highest BCUT2D eigenvalue weighted by Gasteiger charge is 2.64. The van der Waals surface area contributed by atoms with Crippen LogP contribution in [0.5, 0.6) is 0 Å². The Morgan fingerprint density at radius 3 is 0.710 bits per heavy atom. The number of rotatable bonds is 35. The molecule has 0 N–H and O–H groups in total. The van der Waals surface area contributed by atoms with E-state index < -0.39 is 0 Å². The van der Waals surface area contributed by atoms with Gasteiger partial charge in [0.15, 0.2) is 40.5 Å². The largest absolute Gasteiger partial charge is 0.297 e. The Kier molecular flexibility index (Phi) is 48.6. The van der Waals surface area contributed by atoms with Crippen LogP contribution in [-0.2, 0) is 33.6 Å². The molecular weight excluding hydrogens is 1530 g/mol. The van der Waals surface area contributed by atoms with E-state index >= 15 is 0 Å². The second kappa shape index (κ2) is 50.5. The molecule has 0 aromatic carbocycles. The third kappa shape index (κ3) is 28.0. The highest BCUT2D eigenvalue weighted by Crippen LogP contribution is 2.56. The summed E-state index contributed by atoms with van der Waals surface area (Å²) in [5.41, 5.74) is -1.33. The summed E-state index contributed by atoms with van der Waals surface area (Å²) in [6.45, 7) is 91.1. The lowest BCUT2D eigenvalue weighted by Crippen LogP contribution is -2.67. The minimum atomic E-state index is -0.213. The van der Waals surface area contributed by atoms with Gasteiger partial charge in [0.25, 0.3) is 0 Å². The molecule has 0 aliphatic heterocycles. The van der Waals surface area contributed by atoms with Crippen LogP contribution in [0.3, 0.4) is 0 Å². The van der Waals surface area contributed by atoms with E-state index in [4.69, 9.17) is 0 Å². The van der Waals surface area contributed by atoms with Crippen LogP contribution in [0.2, 0.25) is 0 Å². The summed E-state index contributed by atoms with van der Waals surface area (Å²) in [5, 5.41) is 0. The molecule has 0 radical (unpaired) electrons. The fourth-order valence-electron chi connectivity index (χ4n) is 23.6. The first-order valence-electron chi connectivity index (χ1n) is 51.5. The maximum absolute atomic E-state index is 12.9. The number of likely N-dealkylation sites (N-methyl/N-ethyl adjacent to an activating group) is 7. The number of nitrogens with zero attached hydrogens (tertiary/aromatic N) is 7. The average Bonchev–Trinajstić information content (AvgIpc) is 1.51. The first kappa shape index (κ1) is 119. The Hall–Kier alpha value is -2.59. The molecule has 0 heterocycles. The lowest BCUT2D eigenvalue weighted by molar-refractivity contribution is -0.152. The van der Waals surface area contributed by atoms with Gasteiger partial charge < -0.3 is 0 Å². The molecule has 0 amide bonds. The Morgan fingerprint density at radius 1 is 0.194 bits per heavy atom. The van der Waals surface area contributed by atoms with Crippen LogP contribution in [0.25, 0.3) is 0 Å². The van der Waals surface area contributed by atoms with Crippen molar-refractivity contribution >= 4 is 40.5 Å². The zero-order valence-electron chi connectivity index (χ0n) is 91.6. The number of hydrogen-bond acceptors (Lipinski definition) is 14. The summed E-state index contributed by atoms with van der Waals surface area (Å²) in [6.07, 6.45) is 21.2. The Bertz CT molecular complexity index is 3180. The highest BCUT2D eigenvalue weighted by molar-refractivity contribution is 5.95. The molecule has 7 aliphatic carbocycles. The van der Waals surface area contributed by atoms with Crippen LogP contribution in [0.1, 0.15) is 413 Å². The standard InChI is InChI=1S/2C17H33NO.2C16H31NO.2C15H29NO.C14H27NO/c1-12(2)15-8-10-17(11-9-15,16(19)13(3)4)18(7)14(5)6;1-12(2)15-9-8-10-17(11-15,16(19)13(3)4)18(7)14(5)6;1-11(2)14-8-9-16(10-14,15(18)12(3)4)17(7)13(5)6;1-11(2)14-9-8-10-16(14,15(18)12(3)4)17(7)13(5)6;1-10(2)13-8-15(9-13,14(17)11(3)4)16(7)12(5)6;1-10(2)13-8-9-15(13,14(17)11(3)4)16(7)12(5)6;1-9(2)12-8-14(12,13(16)10(3)4)15(7)11(5)6/h2*12-15H,8-11H2,1-7H3;2*11-14H,8-10H2,1-7H3;2*10-13H,8-9H2,1-7H3;9-12H,8H2,1-7H3. The molecule has 0 spiro atoms. The SMILES string of the molecule is CC(C)C(=O)C1(N(C)C(C)C)CC(C(C)C)C1.CC(C)C(=O)C1(N(C)C(C)C)CC1C(C)C.CC(C)C(=O)C1(N(C)C(C)C)CCC(C(C)C)C1.CC(C)C(=O)C1(N(C)C(C)C)CCC(C(C)C)CC1.CC(C)C(=O)C1(N(C)C(C)C)CCC1C(C)C.CC(C)C(=O)C1(N(C)C(C)C)CCCC(C(C)C)C1.CC(C)C(=O)C1(N(C)C(C)C)CCCC1C(C)C. The van der Waals surface area contributed by atoms with Crippen LogP contribution in [0.4, 0.5) is 0 Å². The van der Waals surface area contributed by atoms with E-state index in [0.29, 0.717) is 148 Å². The summed E-state index contributed by atoms with van der Waals surface area (Å²) in [6, 6.07) is 3.01. The molecule has 0 bridgehead atoms. The maximum atomic E-state index is 12.9. The monoisotopic (exact) mass is 1740 g/mol. The first-order valence-corrected chi connectivity index (χ1v) is 51.5. The molecule has 10 unspecified atom stereocenters. The van der Waals surface area contributed by atoms with Crippen LogP contribution >= 0.6 is 0 Å². The van der Waals surface area contributed by atoms with Crippen molar-refractivity contribution in [3.05, 3.63) is 0 Å². The van der Waals surface area contributed by atoms with Crippen molar-refractivity contribution in [3.8, 4) is 0 Å². The minimum Gasteiger partial charge on any atom is -0.297 e. The zero-order chi connectivity index (χ0) is 97.2. The van der Waals surface area contributed by atoms with E-state index in [1.54, 1.807) is 0 Å². The Labute approximate surface area is 771 Å². The molecule has 124 heavy (non-hydrogen) atoms. The lowest BCUT2D eigenvalue weighted by Gasteiger charge is -2.57. The molecule has 7 fully saturated rings. The van der Waals surface area contributed by atoms with E-state index in [0.717, 1.165) is 88.4 Å². The molecule has 14 nitrogen and oxygen atoms in total. The molecular formula is C110H213N7O7. The van der Waals surface area contributed by atoms with E-state index in [2.05, 4.69) is 291 Å². The van der Waals surface area contributed by atoms with Crippen molar-refractivity contribution in [1.29, 1.82) is 0 Å². The quantitative estimate of drug-likeness (QED) is 0.0594. The van der Waals surface area contributed by atoms with E-state index in [-0.39, 0.29) is 80.2 Å². The number of ketones is 7. The second-order valence-corrected chi connectivity index (χ2v) is 48.0. The van der Waals surface area contributed by atoms with Crippen LogP contribution in [-0.4, -0.2) is 205 Å². The summed E-state index contributed by atoms with van der Waals surface area (Å²) in [5.74, 6) is 13.2. The molecule has 0 aromatic rings. The number of hydrogen-bond donors (Lipinski definition) is 0. The Morgan fingerprint density at radius 2 is 0.427 bits per heavy atom. The van der Waals surface area contributed by atoms with Crippen LogP contribution in [0.15, 0.2) is 0 Å². The summed E-state index contributed by atoms with van der Waals surface area (Å²) >= 11 is 0. The van der Waals surface area contributed by atoms with Gasteiger partial charge in [-0.1, -0.05) is 213 Å². The van der Waals surface area contributed by atoms with Gasteiger partial charge in [-0.25, -0.2) is 0 Å². The first-order chi connectivity index (χ1) is 56.6. The van der Waals surface area contributed by atoms with Gasteiger partial charge in [-0.05, 0) is 332 Å². The lowest BCUT2D eigenvalue weighted by atomic mass is 9.57. The molecule has 730 valence electrons. The molecule has 14 heteroatoms. The second-order valence-electron chi connectivity index (χ2n) is 48.0. The predicted octanol–water partition coefficient (Wildman–Crippen LogP) is 25.4. The summed E-state index contributed by atoms with van der Waals surface area (Å²) in [4.78, 5) is 105. The van der Waals surface area contributed by atoms with Gasteiger partial charge in [-0.2, -0.15) is 0 Å². The van der Waals surface area contributed by atoms with Gasteiger partial charge in [0, 0.05) is 83.7 Å². The zero-order valence-corrected chi connectivity index (χ0v) is 91.6. The average molecular weight is 1750 g/mol. The fourth-order valence-corrected chi connectivity index (χ4v) is 23.6. The number of carbonyl (C=O) groups excluding carboxylic acids is 7. The fraction of sp³-hybridized carbons (Fsp3) is 0.936. The number of Topliss-reactive ketones (excluding diaryl/α,β-unsaturated/α-hetero) is 7. The Balaban J connectivity index is 0.000000724. The van der Waals surface area contributed by atoms with Crippen molar-refractivity contribution in [2.45, 2.75) is 494 Å². The van der Waals surface area contributed by atoms with E-state index in [1.165, 1.54) is 51.4 Å². The maximum Gasteiger partial charge on any atom is 0.155 e. The number of carbonyl (C=O) groups is 7. The molecule has 0 saturated heterocycles. The van der Waals surface area contributed by atoms with Gasteiger partial charge in [-0.15, -0.1) is 0 Å². The smallest absolute Gasteiger partial charge is 0.155 e. The van der Waals surface area contributed by atoms with E-state index in [9.17, 15) is 33.6 Å². The van der Waals surface area contributed by atoms with Gasteiger partial charge >= 0.3 is 0 Å². The van der Waals surface area contributed by atoms with Crippen molar-refractivity contribution in [3.63, 3.8) is 0 Å². The van der Waals surface area contributed by atoms with Crippen molar-refractivity contribution in [1.82, 2.24) is 34.3 Å². The highest BCUT2D eigenvalue weighted by atomic mass is 16.2. The molecule has 7 aliphatic rings. The molecule has 0 aromatic heterocycles. The third-order valence-corrected chi connectivity index (χ3v) is 33.5. The molecule has 7 rings (SSSR count). The van der Waals surface area contributed by atoms with Crippen molar-refractivity contribution in [2.24, 2.45) is 124 Å². The molecule has 7 saturated carbocycles. The third-order valence-electron chi connectivity index (χ3n) is 33.5. The van der Waals surface area contributed by atoms with Crippen LogP contribution in [0, 0.1) is 124 Å². The molecule has 10 atom stereocenters. The normalized spacial score (nSPS) is 29.0. The van der Waals surface area contributed by atoms with Gasteiger partial charge in [0.1, 0.15) is 0 Å². The van der Waals surface area contributed by atoms with Crippen LogP contribution < -0.4 is 0 Å². The topological polar surface area (TPSA) is 142 Å². The summed E-state index contributed by atoms with van der Waals surface area (Å²) in [7, 11) is 14.9. The van der Waals surface area contributed by atoms with Gasteiger partial charge in [-0.3, -0.25) is 67.9 Å². The van der Waals surface area contributed by atoms with Crippen molar-refractivity contribution in [2.75, 3.05) is 49.3 Å². The van der Waals surface area contributed by atoms with Gasteiger partial charge in [0.2, 0.25) is 0 Å². The van der Waals surface area contributed by atoms with Gasteiger partial charge in [0.05, 0.1) is 38.8 Å². The predicted molar refractivity (Wildman–Crippen MR) is 534 cm³/mol. The van der Waals surface area contributed by atoms with E-state index in [1.807, 2.05) is 83.1 Å². The van der Waals surface area contributed by atoms with Crippen molar-refractivity contribution < 1.29 is 33.6 Å².